The van der Waals surface area contributed by atoms with Crippen LogP contribution in [0.1, 0.15) is 31.2 Å². The molecule has 4 heteroatoms. The van der Waals surface area contributed by atoms with Crippen LogP contribution in [0.5, 0.6) is 0 Å². The second-order valence-electron chi connectivity index (χ2n) is 5.14. The van der Waals surface area contributed by atoms with Crippen LogP contribution in [0.25, 0.3) is 0 Å². The van der Waals surface area contributed by atoms with E-state index < -0.39 is 0 Å². The van der Waals surface area contributed by atoms with Gasteiger partial charge in [-0.3, -0.25) is 4.79 Å². The van der Waals surface area contributed by atoms with Gasteiger partial charge in [0.05, 0.1) is 6.04 Å². The van der Waals surface area contributed by atoms with Crippen LogP contribution < -0.4 is 5.32 Å². The van der Waals surface area contributed by atoms with E-state index in [0.717, 1.165) is 25.8 Å². The Balaban J connectivity index is 1.97. The first-order valence-corrected chi connectivity index (χ1v) is 6.90. The lowest BCUT2D eigenvalue weighted by Crippen LogP contribution is -2.44. The lowest BCUT2D eigenvalue weighted by Gasteiger charge is -2.23. The zero-order valence-corrected chi connectivity index (χ0v) is 11.4. The van der Waals surface area contributed by atoms with Crippen molar-refractivity contribution in [2.45, 2.75) is 38.3 Å². The van der Waals surface area contributed by atoms with Crippen LogP contribution in [-0.4, -0.2) is 30.4 Å². The van der Waals surface area contributed by atoms with E-state index in [1.54, 1.807) is 30.1 Å². The lowest BCUT2D eigenvalue weighted by molar-refractivity contribution is -0.132. The highest BCUT2D eigenvalue weighted by atomic mass is 19.1. The van der Waals surface area contributed by atoms with Gasteiger partial charge in [0, 0.05) is 19.2 Å². The molecular formula is C15H21FN2O. The number of rotatable bonds is 3. The number of halogens is 1. The average molecular weight is 264 g/mol. The van der Waals surface area contributed by atoms with Crippen molar-refractivity contribution in [1.29, 1.82) is 0 Å². The minimum atomic E-state index is -0.254. The number of nitrogens with zero attached hydrogens (tertiary/aromatic N) is 1. The number of carbonyl (C=O) groups is 1. The zero-order valence-electron chi connectivity index (χ0n) is 11.4. The number of benzene rings is 1. The summed E-state index contributed by atoms with van der Waals surface area (Å²) in [7, 11) is 1.74. The van der Waals surface area contributed by atoms with Crippen LogP contribution >= 0.6 is 0 Å². The van der Waals surface area contributed by atoms with E-state index in [1.165, 1.54) is 12.5 Å². The van der Waals surface area contributed by atoms with Gasteiger partial charge in [-0.2, -0.15) is 0 Å². The zero-order chi connectivity index (χ0) is 13.7. The van der Waals surface area contributed by atoms with Gasteiger partial charge in [-0.25, -0.2) is 4.39 Å². The summed E-state index contributed by atoms with van der Waals surface area (Å²) in [5.74, 6) is -0.193. The van der Waals surface area contributed by atoms with E-state index in [1.807, 2.05) is 0 Å². The van der Waals surface area contributed by atoms with E-state index in [2.05, 4.69) is 5.32 Å². The molecule has 104 valence electrons. The molecule has 1 unspecified atom stereocenters. The molecule has 0 bridgehead atoms. The van der Waals surface area contributed by atoms with Crippen molar-refractivity contribution in [3.8, 4) is 0 Å². The van der Waals surface area contributed by atoms with Gasteiger partial charge in [-0.15, -0.1) is 0 Å². The molecule has 1 aliphatic heterocycles. The van der Waals surface area contributed by atoms with E-state index in [0.29, 0.717) is 12.1 Å². The summed E-state index contributed by atoms with van der Waals surface area (Å²) in [6.45, 7) is 1.22. The van der Waals surface area contributed by atoms with Crippen molar-refractivity contribution in [2.75, 3.05) is 13.6 Å². The van der Waals surface area contributed by atoms with E-state index in [4.69, 9.17) is 0 Å². The molecule has 1 aromatic carbocycles. The van der Waals surface area contributed by atoms with Crippen molar-refractivity contribution in [1.82, 2.24) is 10.2 Å². The third-order valence-electron chi connectivity index (χ3n) is 3.60. The van der Waals surface area contributed by atoms with Gasteiger partial charge in [0.2, 0.25) is 5.91 Å². The Hall–Kier alpha value is -1.42. The summed E-state index contributed by atoms with van der Waals surface area (Å²) < 4.78 is 13.6. The van der Waals surface area contributed by atoms with Gasteiger partial charge < -0.3 is 10.2 Å². The first-order chi connectivity index (χ1) is 9.18. The Bertz CT molecular complexity index is 428. The number of hydrogen-bond donors (Lipinski definition) is 1. The third-order valence-corrected chi connectivity index (χ3v) is 3.60. The number of likely N-dealkylation sites (N-methyl/N-ethyl adjacent to an activating group) is 1. The standard InChI is InChI=1S/C15H21FN2O/c1-18(11-12-7-4-5-8-13(12)16)15(19)14-9-3-2-6-10-17-14/h4-5,7-8,14,17H,2-3,6,9-11H2,1H3. The molecule has 0 saturated carbocycles. The second-order valence-corrected chi connectivity index (χ2v) is 5.14. The Morgan fingerprint density at radius 1 is 1.37 bits per heavy atom. The SMILES string of the molecule is CN(Cc1ccccc1F)C(=O)C1CCCCCN1. The molecule has 0 aromatic heterocycles. The summed E-state index contributed by atoms with van der Waals surface area (Å²) in [5, 5.41) is 3.28. The Morgan fingerprint density at radius 3 is 2.95 bits per heavy atom. The topological polar surface area (TPSA) is 32.3 Å². The summed E-state index contributed by atoms with van der Waals surface area (Å²) >= 11 is 0. The quantitative estimate of drug-likeness (QED) is 0.908. The Kier molecular flexibility index (Phi) is 4.91. The molecule has 0 spiro atoms. The fourth-order valence-corrected chi connectivity index (χ4v) is 2.47. The maximum Gasteiger partial charge on any atom is 0.239 e. The van der Waals surface area contributed by atoms with Crippen LogP contribution in [-0.2, 0) is 11.3 Å². The van der Waals surface area contributed by atoms with Gasteiger partial charge in [0.25, 0.3) is 0 Å². The molecule has 3 nitrogen and oxygen atoms in total. The monoisotopic (exact) mass is 264 g/mol. The van der Waals surface area contributed by atoms with Crippen LogP contribution in [0.2, 0.25) is 0 Å². The second kappa shape index (κ2) is 6.66. The smallest absolute Gasteiger partial charge is 0.239 e. The first kappa shape index (κ1) is 14.0. The number of hydrogen-bond acceptors (Lipinski definition) is 2. The normalized spacial score (nSPS) is 19.8. The highest BCUT2D eigenvalue weighted by Gasteiger charge is 2.23. The van der Waals surface area contributed by atoms with Crippen LogP contribution in [0.3, 0.4) is 0 Å². The van der Waals surface area contributed by atoms with Crippen molar-refractivity contribution in [3.05, 3.63) is 35.6 Å². The molecule has 1 N–H and O–H groups in total. The van der Waals surface area contributed by atoms with Gasteiger partial charge in [0.15, 0.2) is 0 Å². The molecule has 19 heavy (non-hydrogen) atoms. The highest BCUT2D eigenvalue weighted by molar-refractivity contribution is 5.81. The van der Waals surface area contributed by atoms with Crippen LogP contribution in [0.4, 0.5) is 4.39 Å². The molecule has 1 aromatic rings. The largest absolute Gasteiger partial charge is 0.340 e. The molecule has 0 radical (unpaired) electrons. The van der Waals surface area contributed by atoms with Gasteiger partial charge >= 0.3 is 0 Å². The summed E-state index contributed by atoms with van der Waals surface area (Å²) in [4.78, 5) is 13.9. The van der Waals surface area contributed by atoms with Gasteiger partial charge in [0.1, 0.15) is 5.82 Å². The lowest BCUT2D eigenvalue weighted by atomic mass is 10.1. The summed E-state index contributed by atoms with van der Waals surface area (Å²) in [6.07, 6.45) is 4.26. The predicted molar refractivity (Wildman–Crippen MR) is 73.1 cm³/mol. The maximum atomic E-state index is 13.6. The third kappa shape index (κ3) is 3.77. The molecular weight excluding hydrogens is 243 g/mol. The molecule has 1 atom stereocenters. The molecule has 1 fully saturated rings. The van der Waals surface area contributed by atoms with E-state index in [9.17, 15) is 9.18 Å². The molecule has 1 aliphatic rings. The fourth-order valence-electron chi connectivity index (χ4n) is 2.47. The Labute approximate surface area is 113 Å². The minimum Gasteiger partial charge on any atom is -0.340 e. The fraction of sp³-hybridized carbons (Fsp3) is 0.533. The number of carbonyl (C=O) groups excluding carboxylic acids is 1. The minimum absolute atomic E-state index is 0.0603. The van der Waals surface area contributed by atoms with Crippen molar-refractivity contribution < 1.29 is 9.18 Å². The number of nitrogens with one attached hydrogen (secondary N) is 1. The predicted octanol–water partition coefficient (Wildman–Crippen LogP) is 2.32. The Morgan fingerprint density at radius 2 is 2.16 bits per heavy atom. The maximum absolute atomic E-state index is 13.6. The molecule has 1 saturated heterocycles. The van der Waals surface area contributed by atoms with E-state index >= 15 is 0 Å². The number of amides is 1. The first-order valence-electron chi connectivity index (χ1n) is 6.90. The van der Waals surface area contributed by atoms with Gasteiger partial charge in [-0.05, 0) is 25.5 Å². The molecule has 1 amide bonds. The average Bonchev–Trinajstić information content (AvgIpc) is 2.69. The molecule has 1 heterocycles. The summed E-state index contributed by atoms with van der Waals surface area (Å²) in [6, 6.07) is 6.49. The molecule has 2 rings (SSSR count). The van der Waals surface area contributed by atoms with Crippen molar-refractivity contribution in [2.24, 2.45) is 0 Å². The molecule has 0 aliphatic carbocycles. The van der Waals surface area contributed by atoms with E-state index in [-0.39, 0.29) is 17.8 Å². The summed E-state index contributed by atoms with van der Waals surface area (Å²) in [5.41, 5.74) is 0.562. The van der Waals surface area contributed by atoms with Gasteiger partial charge in [-0.1, -0.05) is 31.0 Å². The van der Waals surface area contributed by atoms with Crippen LogP contribution in [0, 0.1) is 5.82 Å². The van der Waals surface area contributed by atoms with Crippen molar-refractivity contribution in [3.63, 3.8) is 0 Å². The van der Waals surface area contributed by atoms with Crippen molar-refractivity contribution >= 4 is 5.91 Å². The highest BCUT2D eigenvalue weighted by Crippen LogP contribution is 2.13. The van der Waals surface area contributed by atoms with Crippen LogP contribution in [0.15, 0.2) is 24.3 Å².